The number of anilines is 1. The predicted molar refractivity (Wildman–Crippen MR) is 79.4 cm³/mol. The molecule has 2 nitrogen and oxygen atoms in total. The van der Waals surface area contributed by atoms with Gasteiger partial charge in [0.15, 0.2) is 0 Å². The molecule has 1 N–H and O–H groups in total. The minimum Gasteiger partial charge on any atom is -0.389 e. The molecule has 0 amide bonds. The van der Waals surface area contributed by atoms with Gasteiger partial charge in [-0.2, -0.15) is 0 Å². The number of piperidine rings is 1. The molecule has 0 spiro atoms. The molecule has 1 saturated heterocycles. The average Bonchev–Trinajstić information content (AvgIpc) is 2.47. The second kappa shape index (κ2) is 5.54. The van der Waals surface area contributed by atoms with Gasteiger partial charge in [-0.25, -0.2) is 0 Å². The highest BCUT2D eigenvalue weighted by atomic mass is 16.3. The van der Waals surface area contributed by atoms with Crippen molar-refractivity contribution in [3.05, 3.63) is 29.8 Å². The second-order valence-electron chi connectivity index (χ2n) is 6.22. The van der Waals surface area contributed by atoms with Crippen LogP contribution in [0.1, 0.15) is 57.1 Å². The zero-order valence-corrected chi connectivity index (χ0v) is 11.9. The van der Waals surface area contributed by atoms with E-state index in [1.54, 1.807) is 0 Å². The van der Waals surface area contributed by atoms with Crippen molar-refractivity contribution in [2.75, 3.05) is 11.4 Å². The summed E-state index contributed by atoms with van der Waals surface area (Å²) >= 11 is 0. The van der Waals surface area contributed by atoms with Gasteiger partial charge in [0, 0.05) is 18.3 Å². The van der Waals surface area contributed by atoms with Crippen LogP contribution in [0.25, 0.3) is 0 Å². The van der Waals surface area contributed by atoms with Gasteiger partial charge >= 0.3 is 0 Å². The van der Waals surface area contributed by atoms with E-state index in [1.807, 2.05) is 6.92 Å². The number of rotatable bonds is 2. The van der Waals surface area contributed by atoms with E-state index in [0.29, 0.717) is 0 Å². The highest BCUT2D eigenvalue weighted by Gasteiger charge is 2.33. The molecular weight excluding hydrogens is 234 g/mol. The first kappa shape index (κ1) is 13.0. The van der Waals surface area contributed by atoms with E-state index in [9.17, 15) is 5.11 Å². The van der Waals surface area contributed by atoms with Gasteiger partial charge in [-0.05, 0) is 56.2 Å². The normalized spacial score (nSPS) is 28.8. The summed E-state index contributed by atoms with van der Waals surface area (Å²) in [5.74, 6) is 0.916. The minimum atomic E-state index is -0.363. The molecule has 104 valence electrons. The molecule has 19 heavy (non-hydrogen) atoms. The van der Waals surface area contributed by atoms with Gasteiger partial charge in [0.25, 0.3) is 0 Å². The zero-order chi connectivity index (χ0) is 13.2. The molecule has 1 saturated carbocycles. The largest absolute Gasteiger partial charge is 0.389 e. The van der Waals surface area contributed by atoms with Crippen LogP contribution in [0.3, 0.4) is 0 Å². The van der Waals surface area contributed by atoms with Crippen LogP contribution in [0.15, 0.2) is 24.3 Å². The third-order valence-electron chi connectivity index (χ3n) is 4.95. The van der Waals surface area contributed by atoms with E-state index in [-0.39, 0.29) is 6.10 Å². The molecule has 0 aromatic heterocycles. The highest BCUT2D eigenvalue weighted by molar-refractivity contribution is 5.49. The number of aliphatic hydroxyl groups excluding tert-OH is 1. The molecule has 3 rings (SSSR count). The van der Waals surface area contributed by atoms with Gasteiger partial charge in [-0.1, -0.05) is 25.0 Å². The SMILES string of the molecule is C[C@H](O)c1ccc(N2CCC[C@H]3CCCC[C@H]32)cc1. The molecule has 2 aliphatic rings. The van der Waals surface area contributed by atoms with Crippen molar-refractivity contribution >= 4 is 5.69 Å². The van der Waals surface area contributed by atoms with Crippen LogP contribution in [0.4, 0.5) is 5.69 Å². The van der Waals surface area contributed by atoms with Crippen LogP contribution in [0, 0.1) is 5.92 Å². The Bertz CT molecular complexity index is 410. The third kappa shape index (κ3) is 2.64. The Hall–Kier alpha value is -1.02. The van der Waals surface area contributed by atoms with Crippen LogP contribution >= 0.6 is 0 Å². The van der Waals surface area contributed by atoms with Gasteiger partial charge in [-0.15, -0.1) is 0 Å². The van der Waals surface area contributed by atoms with Gasteiger partial charge in [-0.3, -0.25) is 0 Å². The maximum Gasteiger partial charge on any atom is 0.0761 e. The maximum absolute atomic E-state index is 9.60. The van der Waals surface area contributed by atoms with E-state index in [2.05, 4.69) is 29.2 Å². The monoisotopic (exact) mass is 259 g/mol. The van der Waals surface area contributed by atoms with Crippen molar-refractivity contribution in [3.63, 3.8) is 0 Å². The summed E-state index contributed by atoms with van der Waals surface area (Å²) in [7, 11) is 0. The summed E-state index contributed by atoms with van der Waals surface area (Å²) in [4.78, 5) is 2.62. The molecule has 3 atom stereocenters. The number of benzene rings is 1. The summed E-state index contributed by atoms with van der Waals surface area (Å²) in [5, 5.41) is 9.60. The lowest BCUT2D eigenvalue weighted by Crippen LogP contribution is -2.46. The molecule has 1 aliphatic heterocycles. The number of hydrogen-bond acceptors (Lipinski definition) is 2. The highest BCUT2D eigenvalue weighted by Crippen LogP contribution is 2.37. The minimum absolute atomic E-state index is 0.363. The molecule has 1 aromatic rings. The lowest BCUT2D eigenvalue weighted by Gasteiger charge is -2.45. The standard InChI is InChI=1S/C17H25NO/c1-13(19)14-8-10-16(11-9-14)18-12-4-6-15-5-2-3-7-17(15)18/h8-11,13,15,17,19H,2-7,12H2,1H3/t13-,15+,17+/m0/s1. The Morgan fingerprint density at radius 1 is 1.05 bits per heavy atom. The van der Waals surface area contributed by atoms with Gasteiger partial charge in [0.1, 0.15) is 0 Å². The first-order valence-corrected chi connectivity index (χ1v) is 7.80. The smallest absolute Gasteiger partial charge is 0.0761 e. The fourth-order valence-electron chi connectivity index (χ4n) is 3.89. The van der Waals surface area contributed by atoms with Crippen molar-refractivity contribution in [2.45, 2.75) is 57.6 Å². The number of fused-ring (bicyclic) bond motifs is 1. The predicted octanol–water partition coefficient (Wildman–Crippen LogP) is 3.90. The lowest BCUT2D eigenvalue weighted by molar-refractivity contribution is 0.199. The quantitative estimate of drug-likeness (QED) is 0.870. The molecule has 1 aromatic carbocycles. The van der Waals surface area contributed by atoms with Crippen LogP contribution < -0.4 is 4.90 Å². The summed E-state index contributed by atoms with van der Waals surface area (Å²) in [6, 6.07) is 9.30. The fraction of sp³-hybridized carbons (Fsp3) is 0.647. The Balaban J connectivity index is 1.79. The Labute approximate surface area is 116 Å². The van der Waals surface area contributed by atoms with Crippen molar-refractivity contribution in [1.82, 2.24) is 0 Å². The van der Waals surface area contributed by atoms with E-state index in [1.165, 1.54) is 50.8 Å². The molecule has 2 fully saturated rings. The van der Waals surface area contributed by atoms with Crippen LogP contribution in [-0.2, 0) is 0 Å². The lowest BCUT2D eigenvalue weighted by atomic mass is 9.78. The van der Waals surface area contributed by atoms with Crippen molar-refractivity contribution < 1.29 is 5.11 Å². The van der Waals surface area contributed by atoms with Crippen molar-refractivity contribution in [3.8, 4) is 0 Å². The molecule has 1 heterocycles. The second-order valence-corrected chi connectivity index (χ2v) is 6.22. The Morgan fingerprint density at radius 3 is 2.47 bits per heavy atom. The van der Waals surface area contributed by atoms with E-state index in [4.69, 9.17) is 0 Å². The molecular formula is C17H25NO. The number of aliphatic hydroxyl groups is 1. The molecule has 1 aliphatic carbocycles. The molecule has 2 heteroatoms. The number of nitrogens with zero attached hydrogens (tertiary/aromatic N) is 1. The first-order valence-electron chi connectivity index (χ1n) is 7.80. The zero-order valence-electron chi connectivity index (χ0n) is 11.9. The summed E-state index contributed by atoms with van der Waals surface area (Å²) < 4.78 is 0. The molecule has 0 unspecified atom stereocenters. The maximum atomic E-state index is 9.60. The van der Waals surface area contributed by atoms with Crippen molar-refractivity contribution in [2.24, 2.45) is 5.92 Å². The summed E-state index contributed by atoms with van der Waals surface area (Å²) in [5.41, 5.74) is 2.36. The van der Waals surface area contributed by atoms with Crippen LogP contribution in [0.5, 0.6) is 0 Å². The van der Waals surface area contributed by atoms with E-state index < -0.39 is 0 Å². The molecule has 0 radical (unpaired) electrons. The van der Waals surface area contributed by atoms with Gasteiger partial charge in [0.2, 0.25) is 0 Å². The number of hydrogen-bond donors (Lipinski definition) is 1. The van der Waals surface area contributed by atoms with Crippen LogP contribution in [-0.4, -0.2) is 17.7 Å². The summed E-state index contributed by atoms with van der Waals surface area (Å²) in [6.45, 7) is 3.03. The van der Waals surface area contributed by atoms with E-state index >= 15 is 0 Å². The molecule has 0 bridgehead atoms. The van der Waals surface area contributed by atoms with Crippen LogP contribution in [0.2, 0.25) is 0 Å². The van der Waals surface area contributed by atoms with E-state index in [0.717, 1.165) is 17.5 Å². The van der Waals surface area contributed by atoms with Crippen molar-refractivity contribution in [1.29, 1.82) is 0 Å². The van der Waals surface area contributed by atoms with Gasteiger partial charge < -0.3 is 10.0 Å². The van der Waals surface area contributed by atoms with Gasteiger partial charge in [0.05, 0.1) is 6.10 Å². The third-order valence-corrected chi connectivity index (χ3v) is 4.95. The first-order chi connectivity index (χ1) is 9.25. The topological polar surface area (TPSA) is 23.5 Å². The Morgan fingerprint density at radius 2 is 1.74 bits per heavy atom. The average molecular weight is 259 g/mol. The fourth-order valence-corrected chi connectivity index (χ4v) is 3.89. The Kier molecular flexibility index (Phi) is 3.79. The summed E-state index contributed by atoms with van der Waals surface area (Å²) in [6.07, 6.45) is 8.00.